The van der Waals surface area contributed by atoms with E-state index in [1.165, 1.54) is 6.33 Å². The quantitative estimate of drug-likeness (QED) is 0.548. The van der Waals surface area contributed by atoms with Gasteiger partial charge in [0.1, 0.15) is 23.4 Å². The Morgan fingerprint density at radius 1 is 1.30 bits per heavy atom. The van der Waals surface area contributed by atoms with Crippen LogP contribution in [0.25, 0.3) is 22.3 Å². The molecule has 0 aromatic carbocycles. The summed E-state index contributed by atoms with van der Waals surface area (Å²) in [4.78, 5) is 29.1. The molecule has 2 N–H and O–H groups in total. The number of nitrogens with one attached hydrogen (secondary N) is 2. The van der Waals surface area contributed by atoms with Crippen LogP contribution in [0.5, 0.6) is 0 Å². The van der Waals surface area contributed by atoms with Crippen molar-refractivity contribution in [3.05, 3.63) is 60.7 Å². The zero-order valence-electron chi connectivity index (χ0n) is 14.3. The second kappa shape index (κ2) is 7.17. The molecule has 134 valence electrons. The predicted octanol–water partition coefficient (Wildman–Crippen LogP) is 3.10. The number of fused-ring (bicyclic) bond motifs is 1. The van der Waals surface area contributed by atoms with Gasteiger partial charge in [0, 0.05) is 29.9 Å². The highest BCUT2D eigenvalue weighted by molar-refractivity contribution is 5.96. The van der Waals surface area contributed by atoms with Crippen LogP contribution in [-0.2, 0) is 6.54 Å². The number of carbonyl (C=O) groups excluding carboxylic acids is 1. The summed E-state index contributed by atoms with van der Waals surface area (Å²) >= 11 is 0. The molecular formula is C19H16N6O2. The van der Waals surface area contributed by atoms with Gasteiger partial charge < -0.3 is 19.3 Å². The maximum absolute atomic E-state index is 12.9. The lowest BCUT2D eigenvalue weighted by molar-refractivity contribution is 0.0730. The van der Waals surface area contributed by atoms with E-state index in [9.17, 15) is 4.79 Å². The van der Waals surface area contributed by atoms with Crippen molar-refractivity contribution in [2.24, 2.45) is 0 Å². The smallest absolute Gasteiger partial charge is 0.270 e. The lowest BCUT2D eigenvalue weighted by Crippen LogP contribution is -2.31. The Balaban J connectivity index is 1.61. The van der Waals surface area contributed by atoms with Crippen molar-refractivity contribution in [1.29, 1.82) is 5.26 Å². The van der Waals surface area contributed by atoms with Gasteiger partial charge in [-0.05, 0) is 24.3 Å². The number of amides is 1. The van der Waals surface area contributed by atoms with E-state index in [1.54, 1.807) is 41.8 Å². The van der Waals surface area contributed by atoms with Gasteiger partial charge in [0.15, 0.2) is 0 Å². The van der Waals surface area contributed by atoms with Crippen LogP contribution in [0.1, 0.15) is 22.7 Å². The van der Waals surface area contributed by atoms with Crippen LogP contribution in [0.3, 0.4) is 0 Å². The van der Waals surface area contributed by atoms with E-state index in [-0.39, 0.29) is 12.3 Å². The molecular weight excluding hydrogens is 344 g/mol. The molecule has 0 radical (unpaired) electrons. The van der Waals surface area contributed by atoms with Gasteiger partial charge in [-0.1, -0.05) is 0 Å². The number of hydrogen-bond donors (Lipinski definition) is 2. The number of nitriles is 1. The number of nitrogens with zero attached hydrogens (tertiary/aromatic N) is 4. The minimum Gasteiger partial charge on any atom is -0.467 e. The summed E-state index contributed by atoms with van der Waals surface area (Å²) in [6.07, 6.45) is 6.84. The Bertz CT molecular complexity index is 1100. The molecule has 27 heavy (non-hydrogen) atoms. The van der Waals surface area contributed by atoms with Gasteiger partial charge in [-0.3, -0.25) is 4.79 Å². The first kappa shape index (κ1) is 16.6. The molecule has 0 spiro atoms. The SMILES string of the molecule is N#CCCN(Cc1ccco1)C(=O)c1cc(-c2ncnc3[nH]ccc23)c[nH]1. The molecule has 0 unspecified atom stereocenters. The number of H-pyrrole nitrogens is 2. The van der Waals surface area contributed by atoms with Crippen LogP contribution in [0.2, 0.25) is 0 Å². The number of aromatic nitrogens is 4. The second-order valence-electron chi connectivity index (χ2n) is 5.98. The average Bonchev–Trinajstić information content (AvgIpc) is 3.45. The molecule has 0 aliphatic carbocycles. The Morgan fingerprint density at radius 2 is 2.22 bits per heavy atom. The molecule has 0 saturated carbocycles. The Kier molecular flexibility index (Phi) is 4.41. The van der Waals surface area contributed by atoms with Gasteiger partial charge in [-0.25, -0.2) is 9.97 Å². The molecule has 0 saturated heterocycles. The van der Waals surface area contributed by atoms with E-state index in [1.807, 2.05) is 6.07 Å². The van der Waals surface area contributed by atoms with Crippen molar-refractivity contribution in [2.75, 3.05) is 6.54 Å². The number of carbonyl (C=O) groups is 1. The van der Waals surface area contributed by atoms with Crippen LogP contribution < -0.4 is 0 Å². The van der Waals surface area contributed by atoms with Crippen LogP contribution >= 0.6 is 0 Å². The highest BCUT2D eigenvalue weighted by atomic mass is 16.3. The second-order valence-corrected chi connectivity index (χ2v) is 5.98. The van der Waals surface area contributed by atoms with Crippen LogP contribution in [0, 0.1) is 11.3 Å². The minimum atomic E-state index is -0.202. The normalized spacial score (nSPS) is 10.8. The highest BCUT2D eigenvalue weighted by Gasteiger charge is 2.20. The van der Waals surface area contributed by atoms with Gasteiger partial charge in [-0.15, -0.1) is 0 Å². The molecule has 8 heteroatoms. The molecule has 4 heterocycles. The van der Waals surface area contributed by atoms with E-state index >= 15 is 0 Å². The summed E-state index contributed by atoms with van der Waals surface area (Å²) in [6.45, 7) is 0.622. The molecule has 0 aliphatic heterocycles. The fraction of sp³-hybridized carbons (Fsp3) is 0.158. The third-order valence-corrected chi connectivity index (χ3v) is 4.25. The van der Waals surface area contributed by atoms with Gasteiger partial charge in [0.2, 0.25) is 0 Å². The molecule has 0 bridgehead atoms. The van der Waals surface area contributed by atoms with Crippen molar-refractivity contribution in [3.63, 3.8) is 0 Å². The van der Waals surface area contributed by atoms with Crippen molar-refractivity contribution in [2.45, 2.75) is 13.0 Å². The van der Waals surface area contributed by atoms with Gasteiger partial charge in [0.05, 0.1) is 31.0 Å². The van der Waals surface area contributed by atoms with E-state index in [0.29, 0.717) is 24.5 Å². The highest BCUT2D eigenvalue weighted by Crippen LogP contribution is 2.25. The zero-order chi connectivity index (χ0) is 18.6. The van der Waals surface area contributed by atoms with Crippen LogP contribution in [0.4, 0.5) is 0 Å². The molecule has 4 aromatic heterocycles. The average molecular weight is 360 g/mol. The standard InChI is InChI=1S/C19H16N6O2/c20-5-2-7-25(11-14-3-1-8-27-14)19(26)16-9-13(10-22-16)17-15-4-6-21-18(15)24-12-23-17/h1,3-4,6,8-10,12,22H,2,7,11H2,(H,21,23,24). The summed E-state index contributed by atoms with van der Waals surface area (Å²) in [5.74, 6) is 0.463. The predicted molar refractivity (Wildman–Crippen MR) is 97.4 cm³/mol. The third-order valence-electron chi connectivity index (χ3n) is 4.25. The number of aromatic amines is 2. The van der Waals surface area contributed by atoms with Crippen LogP contribution in [0.15, 0.2) is 53.7 Å². The van der Waals surface area contributed by atoms with E-state index in [0.717, 1.165) is 22.3 Å². The first-order valence-electron chi connectivity index (χ1n) is 8.42. The lowest BCUT2D eigenvalue weighted by atomic mass is 10.1. The summed E-state index contributed by atoms with van der Waals surface area (Å²) in [6, 6.07) is 9.31. The topological polar surface area (TPSA) is 115 Å². The summed E-state index contributed by atoms with van der Waals surface area (Å²) in [5, 5.41) is 9.77. The number of furan rings is 1. The fourth-order valence-electron chi connectivity index (χ4n) is 2.96. The first-order chi connectivity index (χ1) is 13.3. The Labute approximate surface area is 154 Å². The molecule has 4 rings (SSSR count). The Morgan fingerprint density at radius 3 is 3.04 bits per heavy atom. The summed E-state index contributed by atoms with van der Waals surface area (Å²) in [5.41, 5.74) is 2.70. The first-order valence-corrected chi connectivity index (χ1v) is 8.42. The third kappa shape index (κ3) is 3.30. The molecule has 8 nitrogen and oxygen atoms in total. The molecule has 0 atom stereocenters. The van der Waals surface area contributed by atoms with E-state index < -0.39 is 0 Å². The van der Waals surface area contributed by atoms with Gasteiger partial charge >= 0.3 is 0 Å². The Hall–Kier alpha value is -3.86. The molecule has 0 aliphatic rings. The van der Waals surface area contributed by atoms with E-state index in [2.05, 4.69) is 26.0 Å². The van der Waals surface area contributed by atoms with Crippen molar-refractivity contribution in [1.82, 2.24) is 24.8 Å². The van der Waals surface area contributed by atoms with Gasteiger partial charge in [0.25, 0.3) is 5.91 Å². The fourth-order valence-corrected chi connectivity index (χ4v) is 2.96. The van der Waals surface area contributed by atoms with Crippen LogP contribution in [-0.4, -0.2) is 37.3 Å². The largest absolute Gasteiger partial charge is 0.467 e. The molecule has 4 aromatic rings. The minimum absolute atomic E-state index is 0.202. The molecule has 1 amide bonds. The van der Waals surface area contributed by atoms with E-state index in [4.69, 9.17) is 9.68 Å². The monoisotopic (exact) mass is 360 g/mol. The zero-order valence-corrected chi connectivity index (χ0v) is 14.3. The molecule has 0 fully saturated rings. The van der Waals surface area contributed by atoms with Crippen molar-refractivity contribution < 1.29 is 9.21 Å². The van der Waals surface area contributed by atoms with Crippen molar-refractivity contribution in [3.8, 4) is 17.3 Å². The summed E-state index contributed by atoms with van der Waals surface area (Å²) in [7, 11) is 0. The lowest BCUT2D eigenvalue weighted by Gasteiger charge is -2.19. The number of hydrogen-bond acceptors (Lipinski definition) is 5. The summed E-state index contributed by atoms with van der Waals surface area (Å²) < 4.78 is 5.34. The maximum Gasteiger partial charge on any atom is 0.270 e. The van der Waals surface area contributed by atoms with Gasteiger partial charge in [-0.2, -0.15) is 5.26 Å². The van der Waals surface area contributed by atoms with Crippen molar-refractivity contribution >= 4 is 16.9 Å². The number of rotatable bonds is 6. The maximum atomic E-state index is 12.9.